The smallest absolute Gasteiger partial charge is 0.346 e. The number of aromatic carboxylic acids is 1. The second-order valence-corrected chi connectivity index (χ2v) is 7.05. The maximum atomic E-state index is 12.8. The maximum absolute atomic E-state index is 12.8. The molecule has 4 rings (SSSR count). The topological polar surface area (TPSA) is 123 Å². The minimum atomic E-state index is -1.14. The van der Waals surface area contributed by atoms with Crippen LogP contribution in [-0.4, -0.2) is 33.4 Å². The molecule has 1 amide bonds. The first-order chi connectivity index (χ1) is 12.9. The number of amides is 1. The van der Waals surface area contributed by atoms with E-state index in [1.165, 1.54) is 19.1 Å². The van der Waals surface area contributed by atoms with Gasteiger partial charge < -0.3 is 19.6 Å². The Bertz CT molecular complexity index is 1240. The molecule has 0 unspecified atom stereocenters. The number of benzene rings is 1. The van der Waals surface area contributed by atoms with E-state index in [9.17, 15) is 19.5 Å². The third kappa shape index (κ3) is 2.76. The lowest BCUT2D eigenvalue weighted by atomic mass is 10.2. The van der Waals surface area contributed by atoms with Crippen molar-refractivity contribution in [2.75, 3.05) is 12.2 Å². The number of aromatic nitrogens is 2. The lowest BCUT2D eigenvalue weighted by Crippen LogP contribution is -2.34. The van der Waals surface area contributed by atoms with Gasteiger partial charge >= 0.3 is 5.97 Å². The third-order valence-electron chi connectivity index (χ3n) is 4.03. The average Bonchev–Trinajstić information content (AvgIpc) is 3.22. The SMILES string of the molecule is Cc1c(C(=O)O)sc2[nH]c(=S)n(NC(=O)c3ccc4c(c3)OCO4)c(=O)c12. The molecular weight excluding hydrogens is 394 g/mol. The van der Waals surface area contributed by atoms with Crippen LogP contribution in [0.3, 0.4) is 0 Å². The first-order valence-electron chi connectivity index (χ1n) is 7.59. The molecule has 0 atom stereocenters. The zero-order valence-electron chi connectivity index (χ0n) is 13.7. The second-order valence-electron chi connectivity index (χ2n) is 5.65. The molecule has 0 saturated heterocycles. The molecular formula is C16H11N3O6S2. The summed E-state index contributed by atoms with van der Waals surface area (Å²) in [5.41, 5.74) is 2.38. The van der Waals surface area contributed by atoms with Gasteiger partial charge in [-0.05, 0) is 42.9 Å². The summed E-state index contributed by atoms with van der Waals surface area (Å²) in [5, 5.41) is 9.40. The number of ether oxygens (including phenoxy) is 2. The van der Waals surface area contributed by atoms with Crippen LogP contribution in [0.4, 0.5) is 0 Å². The van der Waals surface area contributed by atoms with Crippen LogP contribution in [0.25, 0.3) is 10.2 Å². The Kier molecular flexibility index (Phi) is 3.97. The molecule has 0 saturated carbocycles. The highest BCUT2D eigenvalue weighted by molar-refractivity contribution is 7.71. The lowest BCUT2D eigenvalue weighted by Gasteiger charge is -2.09. The summed E-state index contributed by atoms with van der Waals surface area (Å²) in [7, 11) is 0. The van der Waals surface area contributed by atoms with Crippen molar-refractivity contribution in [2.45, 2.75) is 6.92 Å². The lowest BCUT2D eigenvalue weighted by molar-refractivity contribution is 0.0701. The van der Waals surface area contributed by atoms with Crippen LogP contribution in [0.1, 0.15) is 25.6 Å². The van der Waals surface area contributed by atoms with E-state index in [1.807, 2.05) is 0 Å². The van der Waals surface area contributed by atoms with Gasteiger partial charge in [-0.2, -0.15) is 4.68 Å². The van der Waals surface area contributed by atoms with Gasteiger partial charge in [-0.3, -0.25) is 15.0 Å². The molecule has 11 heteroatoms. The summed E-state index contributed by atoms with van der Waals surface area (Å²) in [6.45, 7) is 1.61. The standard InChI is InChI=1S/C16H11N3O6S2/c1-6-10-13(27-11(6)15(22)23)17-16(26)19(14(10)21)18-12(20)7-2-3-8-9(4-7)25-5-24-8/h2-4H,5H2,1H3,(H,17,26)(H,18,20)(H,22,23). The number of carboxylic acid groups (broad SMARTS) is 1. The molecule has 9 nitrogen and oxygen atoms in total. The summed E-state index contributed by atoms with van der Waals surface area (Å²) in [6, 6.07) is 4.61. The molecule has 1 aromatic carbocycles. The summed E-state index contributed by atoms with van der Waals surface area (Å²) in [5.74, 6) is -0.767. The van der Waals surface area contributed by atoms with Crippen LogP contribution in [0.2, 0.25) is 0 Å². The Balaban J connectivity index is 1.77. The number of carboxylic acids is 1. The summed E-state index contributed by atoms with van der Waals surface area (Å²) < 4.78 is 11.3. The molecule has 0 fully saturated rings. The zero-order valence-corrected chi connectivity index (χ0v) is 15.3. The Labute approximate surface area is 159 Å². The highest BCUT2D eigenvalue weighted by Crippen LogP contribution is 2.32. The number of aromatic amines is 1. The summed E-state index contributed by atoms with van der Waals surface area (Å²) >= 11 is 6.06. The number of hydrogen-bond donors (Lipinski definition) is 3. The van der Waals surface area contributed by atoms with E-state index in [1.54, 1.807) is 6.07 Å². The van der Waals surface area contributed by atoms with Gasteiger partial charge in [-0.15, -0.1) is 11.3 Å². The van der Waals surface area contributed by atoms with Crippen molar-refractivity contribution in [3.63, 3.8) is 0 Å². The molecule has 0 aliphatic carbocycles. The van der Waals surface area contributed by atoms with Gasteiger partial charge in [-0.25, -0.2) is 4.79 Å². The fourth-order valence-corrected chi connectivity index (χ4v) is 4.06. The zero-order chi connectivity index (χ0) is 19.3. The molecule has 1 aliphatic rings. The number of fused-ring (bicyclic) bond motifs is 2. The molecule has 0 bridgehead atoms. The third-order valence-corrected chi connectivity index (χ3v) is 5.51. The van der Waals surface area contributed by atoms with E-state index in [4.69, 9.17) is 21.7 Å². The van der Waals surface area contributed by atoms with E-state index in [-0.39, 0.29) is 27.4 Å². The first-order valence-corrected chi connectivity index (χ1v) is 8.82. The molecule has 27 heavy (non-hydrogen) atoms. The van der Waals surface area contributed by atoms with Crippen LogP contribution < -0.4 is 20.5 Å². The number of carbonyl (C=O) groups excluding carboxylic acids is 1. The highest BCUT2D eigenvalue weighted by Gasteiger charge is 2.21. The van der Waals surface area contributed by atoms with Gasteiger partial charge in [0.05, 0.1) is 5.39 Å². The fraction of sp³-hybridized carbons (Fsp3) is 0.125. The van der Waals surface area contributed by atoms with Crippen LogP contribution in [0.5, 0.6) is 11.5 Å². The minimum Gasteiger partial charge on any atom is -0.477 e. The Morgan fingerprint density at radius 1 is 1.33 bits per heavy atom. The molecule has 3 aromatic rings. The molecule has 0 spiro atoms. The number of nitrogens with one attached hydrogen (secondary N) is 2. The number of carbonyl (C=O) groups is 2. The monoisotopic (exact) mass is 405 g/mol. The normalized spacial score (nSPS) is 12.3. The van der Waals surface area contributed by atoms with Crippen molar-refractivity contribution >= 4 is 45.6 Å². The largest absolute Gasteiger partial charge is 0.477 e. The van der Waals surface area contributed by atoms with Crippen LogP contribution in [-0.2, 0) is 0 Å². The van der Waals surface area contributed by atoms with Crippen LogP contribution >= 0.6 is 23.6 Å². The fourth-order valence-electron chi connectivity index (χ4n) is 2.73. The van der Waals surface area contributed by atoms with E-state index in [0.717, 1.165) is 16.0 Å². The predicted molar refractivity (Wildman–Crippen MR) is 99.2 cm³/mol. The molecule has 3 heterocycles. The molecule has 3 N–H and O–H groups in total. The predicted octanol–water partition coefficient (Wildman–Crippen LogP) is 2.24. The molecule has 1 aliphatic heterocycles. The summed E-state index contributed by atoms with van der Waals surface area (Å²) in [6.07, 6.45) is 0. The highest BCUT2D eigenvalue weighted by atomic mass is 32.1. The van der Waals surface area contributed by atoms with Crippen molar-refractivity contribution < 1.29 is 24.2 Å². The van der Waals surface area contributed by atoms with E-state index in [2.05, 4.69) is 10.4 Å². The van der Waals surface area contributed by atoms with Crippen LogP contribution in [0.15, 0.2) is 23.0 Å². The van der Waals surface area contributed by atoms with Gasteiger partial charge in [0.2, 0.25) is 11.6 Å². The van der Waals surface area contributed by atoms with Gasteiger partial charge in [-0.1, -0.05) is 0 Å². The van der Waals surface area contributed by atoms with Crippen molar-refractivity contribution in [3.05, 3.63) is 49.3 Å². The number of thiophene rings is 1. The van der Waals surface area contributed by atoms with E-state index < -0.39 is 17.4 Å². The number of rotatable bonds is 3. The van der Waals surface area contributed by atoms with Crippen molar-refractivity contribution in [2.24, 2.45) is 0 Å². The molecule has 0 radical (unpaired) electrons. The van der Waals surface area contributed by atoms with Crippen LogP contribution in [0, 0.1) is 11.7 Å². The van der Waals surface area contributed by atoms with Gasteiger partial charge in [0.25, 0.3) is 11.5 Å². The maximum Gasteiger partial charge on any atom is 0.346 e. The van der Waals surface area contributed by atoms with Crippen molar-refractivity contribution in [1.29, 1.82) is 0 Å². The average molecular weight is 405 g/mol. The van der Waals surface area contributed by atoms with Gasteiger partial charge in [0, 0.05) is 5.56 Å². The number of aryl methyl sites for hydroxylation is 1. The second kappa shape index (κ2) is 6.21. The minimum absolute atomic E-state index is 0.0348. The van der Waals surface area contributed by atoms with Crippen molar-refractivity contribution in [3.8, 4) is 11.5 Å². The Morgan fingerprint density at radius 3 is 2.81 bits per heavy atom. The van der Waals surface area contributed by atoms with Crippen molar-refractivity contribution in [1.82, 2.24) is 9.66 Å². The van der Waals surface area contributed by atoms with E-state index >= 15 is 0 Å². The number of hydrogen-bond acceptors (Lipinski definition) is 7. The summed E-state index contributed by atoms with van der Waals surface area (Å²) in [4.78, 5) is 39.8. The Hall–Kier alpha value is -3.18. The molecule has 138 valence electrons. The Morgan fingerprint density at radius 2 is 2.07 bits per heavy atom. The quantitative estimate of drug-likeness (QED) is 0.571. The van der Waals surface area contributed by atoms with E-state index in [0.29, 0.717) is 21.9 Å². The first kappa shape index (κ1) is 17.2. The molecule has 2 aromatic heterocycles. The number of nitrogens with zero attached hydrogens (tertiary/aromatic N) is 1. The van der Waals surface area contributed by atoms with Gasteiger partial charge in [0.1, 0.15) is 9.71 Å². The number of H-pyrrole nitrogens is 1. The van der Waals surface area contributed by atoms with Gasteiger partial charge in [0.15, 0.2) is 11.5 Å².